The molecule has 1 heterocycles. The Morgan fingerprint density at radius 1 is 0.581 bits per heavy atom. The summed E-state index contributed by atoms with van der Waals surface area (Å²) in [5, 5.41) is 19.1. The molecule has 0 saturated heterocycles. The minimum absolute atomic E-state index is 0. The van der Waals surface area contributed by atoms with Gasteiger partial charge in [0.2, 0.25) is 0 Å². The molecule has 2 N–H and O–H groups in total. The second kappa shape index (κ2) is 9.53. The van der Waals surface area contributed by atoms with Crippen LogP contribution in [-0.2, 0) is 10.1 Å². The van der Waals surface area contributed by atoms with E-state index in [2.05, 4.69) is 15.0 Å². The number of hydrogen-bond donors (Lipinski definition) is 2. The standard InChI is InChI=1S/C21H15N3O5S.K/c25-16-7-1-13(2-8-16)19-22-20(14-3-9-17(26)10-4-14)24-21(23-19)15-5-11-18(12-6-15)30(27,28)29;/h1-12,25-26H,(H,27,28,29);/q;+1/p-1. The number of phenols is 2. The van der Waals surface area contributed by atoms with E-state index in [9.17, 15) is 23.2 Å². The fourth-order valence-corrected chi connectivity index (χ4v) is 3.22. The molecule has 150 valence electrons. The summed E-state index contributed by atoms with van der Waals surface area (Å²) in [6, 6.07) is 17.9. The summed E-state index contributed by atoms with van der Waals surface area (Å²) in [6.07, 6.45) is 0. The van der Waals surface area contributed by atoms with E-state index < -0.39 is 10.1 Å². The molecule has 0 aliphatic rings. The van der Waals surface area contributed by atoms with Crippen LogP contribution in [0.15, 0.2) is 77.7 Å². The van der Waals surface area contributed by atoms with Gasteiger partial charge in [0.25, 0.3) is 0 Å². The van der Waals surface area contributed by atoms with Crippen molar-refractivity contribution in [1.29, 1.82) is 0 Å². The van der Waals surface area contributed by atoms with Crippen molar-refractivity contribution in [1.82, 2.24) is 15.0 Å². The van der Waals surface area contributed by atoms with Gasteiger partial charge >= 0.3 is 51.4 Å². The summed E-state index contributed by atoms with van der Waals surface area (Å²) in [5.74, 6) is 1.14. The van der Waals surface area contributed by atoms with E-state index in [-0.39, 0.29) is 73.6 Å². The molecule has 0 radical (unpaired) electrons. The number of hydrogen-bond acceptors (Lipinski definition) is 8. The van der Waals surface area contributed by atoms with Gasteiger partial charge in [-0.15, -0.1) is 0 Å². The Kier molecular flexibility index (Phi) is 7.22. The van der Waals surface area contributed by atoms with Crippen LogP contribution in [0.3, 0.4) is 0 Å². The first-order valence-electron chi connectivity index (χ1n) is 8.71. The van der Waals surface area contributed by atoms with Gasteiger partial charge in [-0.3, -0.25) is 0 Å². The van der Waals surface area contributed by atoms with E-state index in [4.69, 9.17) is 0 Å². The quantitative estimate of drug-likeness (QED) is 0.326. The number of nitrogens with zero attached hydrogens (tertiary/aromatic N) is 3. The predicted molar refractivity (Wildman–Crippen MR) is 107 cm³/mol. The summed E-state index contributed by atoms with van der Waals surface area (Å²) in [6.45, 7) is 0. The van der Waals surface area contributed by atoms with Crippen LogP contribution in [0.4, 0.5) is 0 Å². The van der Waals surface area contributed by atoms with Crippen LogP contribution in [0.1, 0.15) is 0 Å². The maximum atomic E-state index is 11.2. The molecule has 0 unspecified atom stereocenters. The molecule has 8 nitrogen and oxygen atoms in total. The van der Waals surface area contributed by atoms with Gasteiger partial charge in [0.15, 0.2) is 17.5 Å². The molecule has 0 atom stereocenters. The third kappa shape index (κ3) is 5.55. The molecule has 4 aromatic rings. The van der Waals surface area contributed by atoms with Gasteiger partial charge in [-0.1, -0.05) is 0 Å². The third-order valence-electron chi connectivity index (χ3n) is 4.29. The van der Waals surface area contributed by atoms with E-state index >= 15 is 0 Å². The van der Waals surface area contributed by atoms with Crippen LogP contribution in [0.5, 0.6) is 11.5 Å². The first-order chi connectivity index (χ1) is 14.3. The number of aromatic nitrogens is 3. The fraction of sp³-hybridized carbons (Fsp3) is 0. The van der Waals surface area contributed by atoms with Gasteiger partial charge in [-0.2, -0.15) is 0 Å². The molecular formula is C21H14KN3O5S. The Morgan fingerprint density at radius 3 is 1.16 bits per heavy atom. The van der Waals surface area contributed by atoms with Gasteiger partial charge in [0, 0.05) is 16.7 Å². The fourth-order valence-electron chi connectivity index (χ4n) is 2.75. The Labute approximate surface area is 220 Å². The Hall–Kier alpha value is -2.18. The average molecular weight is 460 g/mol. The molecule has 10 heteroatoms. The minimum atomic E-state index is -4.56. The molecular weight excluding hydrogens is 445 g/mol. The first kappa shape index (κ1) is 23.5. The van der Waals surface area contributed by atoms with Crippen LogP contribution < -0.4 is 51.4 Å². The smallest absolute Gasteiger partial charge is 0.744 e. The Bertz CT molecular complexity index is 1250. The molecule has 0 fully saturated rings. The molecule has 3 aromatic carbocycles. The average Bonchev–Trinajstić information content (AvgIpc) is 2.74. The third-order valence-corrected chi connectivity index (χ3v) is 5.14. The van der Waals surface area contributed by atoms with Crippen LogP contribution in [0.2, 0.25) is 0 Å². The number of phenolic OH excluding ortho intramolecular Hbond substituents is 2. The Balaban J connectivity index is 0.00000272. The second-order valence-corrected chi connectivity index (χ2v) is 7.76. The molecule has 1 aromatic heterocycles. The van der Waals surface area contributed by atoms with Crippen molar-refractivity contribution in [2.24, 2.45) is 0 Å². The van der Waals surface area contributed by atoms with Gasteiger partial charge in [-0.25, -0.2) is 23.4 Å². The molecule has 4 rings (SSSR count). The molecule has 0 amide bonds. The van der Waals surface area contributed by atoms with E-state index in [1.165, 1.54) is 48.5 Å². The maximum absolute atomic E-state index is 11.2. The zero-order valence-corrected chi connectivity index (χ0v) is 20.2. The summed E-state index contributed by atoms with van der Waals surface area (Å²) in [4.78, 5) is 13.1. The van der Waals surface area contributed by atoms with Crippen molar-refractivity contribution in [2.45, 2.75) is 4.90 Å². The number of rotatable bonds is 4. The second-order valence-electron chi connectivity index (χ2n) is 6.38. The van der Waals surface area contributed by atoms with E-state index in [0.29, 0.717) is 28.3 Å². The van der Waals surface area contributed by atoms with Crippen molar-refractivity contribution < 1.29 is 74.6 Å². The van der Waals surface area contributed by atoms with E-state index in [1.54, 1.807) is 24.3 Å². The first-order valence-corrected chi connectivity index (χ1v) is 10.1. The zero-order valence-electron chi connectivity index (χ0n) is 16.3. The largest absolute Gasteiger partial charge is 1.00 e. The van der Waals surface area contributed by atoms with E-state index in [1.807, 2.05) is 0 Å². The van der Waals surface area contributed by atoms with Crippen molar-refractivity contribution >= 4 is 10.1 Å². The Morgan fingerprint density at radius 2 is 0.871 bits per heavy atom. The van der Waals surface area contributed by atoms with E-state index in [0.717, 1.165) is 0 Å². The SMILES string of the molecule is O=S(=O)([O-])c1ccc(-c2nc(-c3ccc(O)cc3)nc(-c3ccc(O)cc3)n2)cc1.[K+]. The summed E-state index contributed by atoms with van der Waals surface area (Å²) in [5.41, 5.74) is 1.76. The summed E-state index contributed by atoms with van der Waals surface area (Å²) in [7, 11) is -4.56. The van der Waals surface area contributed by atoms with Crippen molar-refractivity contribution in [3.8, 4) is 45.7 Å². The van der Waals surface area contributed by atoms with Gasteiger partial charge < -0.3 is 14.8 Å². The van der Waals surface area contributed by atoms with Crippen LogP contribution in [-0.4, -0.2) is 38.1 Å². The predicted octanol–water partition coefficient (Wildman–Crippen LogP) is 0.192. The van der Waals surface area contributed by atoms with Gasteiger partial charge in [0.05, 0.1) is 4.90 Å². The van der Waals surface area contributed by atoms with Crippen molar-refractivity contribution in [2.75, 3.05) is 0 Å². The molecule has 0 aliphatic carbocycles. The summed E-state index contributed by atoms with van der Waals surface area (Å²) >= 11 is 0. The van der Waals surface area contributed by atoms with Crippen molar-refractivity contribution in [3.05, 3.63) is 72.8 Å². The molecule has 0 saturated carbocycles. The van der Waals surface area contributed by atoms with Crippen LogP contribution in [0.25, 0.3) is 34.2 Å². The minimum Gasteiger partial charge on any atom is -0.744 e. The molecule has 31 heavy (non-hydrogen) atoms. The maximum Gasteiger partial charge on any atom is 1.00 e. The molecule has 0 spiro atoms. The molecule has 0 bridgehead atoms. The summed E-state index contributed by atoms with van der Waals surface area (Å²) < 4.78 is 33.5. The van der Waals surface area contributed by atoms with Crippen molar-refractivity contribution in [3.63, 3.8) is 0 Å². The monoisotopic (exact) mass is 459 g/mol. The normalized spacial score (nSPS) is 11.0. The zero-order chi connectivity index (χ0) is 21.3. The number of aromatic hydroxyl groups is 2. The van der Waals surface area contributed by atoms with Gasteiger partial charge in [-0.05, 0) is 72.8 Å². The van der Waals surface area contributed by atoms with Crippen LogP contribution in [0, 0.1) is 0 Å². The van der Waals surface area contributed by atoms with Gasteiger partial charge in [0.1, 0.15) is 21.6 Å². The topological polar surface area (TPSA) is 136 Å². The van der Waals surface area contributed by atoms with Crippen LogP contribution >= 0.6 is 0 Å². The number of benzene rings is 3. The molecule has 0 aliphatic heterocycles.